The van der Waals surface area contributed by atoms with E-state index in [9.17, 15) is 4.79 Å². The maximum absolute atomic E-state index is 11.3. The van der Waals surface area contributed by atoms with Gasteiger partial charge < -0.3 is 10.5 Å². The van der Waals surface area contributed by atoms with Crippen molar-refractivity contribution in [1.82, 2.24) is 0 Å². The molecular formula is C11H13NO2S. The van der Waals surface area contributed by atoms with Crippen molar-refractivity contribution in [2.24, 2.45) is 5.73 Å². The molecule has 2 N–H and O–H groups in total. The molecule has 0 unspecified atom stereocenters. The van der Waals surface area contributed by atoms with E-state index in [4.69, 9.17) is 18.0 Å². The Morgan fingerprint density at radius 3 is 2.67 bits per heavy atom. The smallest absolute Gasteiger partial charge is 0.338 e. The summed E-state index contributed by atoms with van der Waals surface area (Å²) in [4.78, 5) is 11.7. The number of aryl methyl sites for hydroxylation is 1. The van der Waals surface area contributed by atoms with Crippen LogP contribution >= 0.6 is 12.2 Å². The summed E-state index contributed by atoms with van der Waals surface area (Å²) in [5.74, 6) is -0.325. The molecule has 0 heterocycles. The van der Waals surface area contributed by atoms with E-state index in [1.54, 1.807) is 6.07 Å². The number of hydrogen-bond acceptors (Lipinski definition) is 3. The predicted octanol–water partition coefficient (Wildman–Crippen LogP) is 1.61. The quantitative estimate of drug-likeness (QED) is 0.625. The van der Waals surface area contributed by atoms with Gasteiger partial charge in [0.15, 0.2) is 0 Å². The zero-order valence-corrected chi connectivity index (χ0v) is 9.56. The van der Waals surface area contributed by atoms with E-state index < -0.39 is 0 Å². The van der Waals surface area contributed by atoms with Gasteiger partial charge in [0.1, 0.15) is 0 Å². The van der Waals surface area contributed by atoms with E-state index in [-0.39, 0.29) is 5.97 Å². The Kier molecular flexibility index (Phi) is 3.80. The summed E-state index contributed by atoms with van der Waals surface area (Å²) in [6.07, 6.45) is 0.553. The van der Waals surface area contributed by atoms with Gasteiger partial charge in [-0.2, -0.15) is 0 Å². The van der Waals surface area contributed by atoms with Crippen molar-refractivity contribution in [2.75, 3.05) is 7.11 Å². The molecule has 0 atom stereocenters. The number of benzene rings is 1. The van der Waals surface area contributed by atoms with Crippen LogP contribution in [0.15, 0.2) is 18.2 Å². The van der Waals surface area contributed by atoms with E-state index in [1.165, 1.54) is 7.11 Å². The molecule has 3 nitrogen and oxygen atoms in total. The zero-order valence-electron chi connectivity index (χ0n) is 8.74. The van der Waals surface area contributed by atoms with Crippen molar-refractivity contribution < 1.29 is 9.53 Å². The molecule has 1 rings (SSSR count). The van der Waals surface area contributed by atoms with Gasteiger partial charge in [0, 0.05) is 6.42 Å². The molecule has 0 aliphatic carbocycles. The van der Waals surface area contributed by atoms with E-state index in [0.717, 1.165) is 11.1 Å². The molecule has 0 aliphatic rings. The van der Waals surface area contributed by atoms with E-state index in [0.29, 0.717) is 17.0 Å². The second-order valence-electron chi connectivity index (χ2n) is 3.28. The highest BCUT2D eigenvalue weighted by Gasteiger charge is 2.09. The molecule has 0 aliphatic heterocycles. The normalized spacial score (nSPS) is 9.73. The molecule has 0 fully saturated rings. The van der Waals surface area contributed by atoms with Crippen LogP contribution in [0.5, 0.6) is 0 Å². The number of hydrogen-bond donors (Lipinski definition) is 1. The molecule has 0 saturated heterocycles. The number of carbonyl (C=O) groups is 1. The van der Waals surface area contributed by atoms with Crippen molar-refractivity contribution >= 4 is 23.2 Å². The van der Waals surface area contributed by atoms with Gasteiger partial charge in [-0.25, -0.2) is 4.79 Å². The fraction of sp³-hybridized carbons (Fsp3) is 0.273. The summed E-state index contributed by atoms with van der Waals surface area (Å²) >= 11 is 4.81. The van der Waals surface area contributed by atoms with Crippen molar-refractivity contribution in [1.29, 1.82) is 0 Å². The standard InChI is InChI=1S/C11H13NO2S/c1-7-5-8(6-10(12)15)3-4-9(7)11(13)14-2/h3-5H,6H2,1-2H3,(H2,12,15). The Balaban J connectivity index is 2.97. The van der Waals surface area contributed by atoms with E-state index >= 15 is 0 Å². The molecule has 0 amide bonds. The molecule has 4 heteroatoms. The number of ether oxygens (including phenoxy) is 1. The van der Waals surface area contributed by atoms with Crippen LogP contribution in [0.2, 0.25) is 0 Å². The van der Waals surface area contributed by atoms with E-state index in [1.807, 2.05) is 19.1 Å². The van der Waals surface area contributed by atoms with Crippen LogP contribution in [0.25, 0.3) is 0 Å². The lowest BCUT2D eigenvalue weighted by Gasteiger charge is -2.06. The highest BCUT2D eigenvalue weighted by Crippen LogP contribution is 2.12. The number of methoxy groups -OCH3 is 1. The average molecular weight is 223 g/mol. The average Bonchev–Trinajstić information content (AvgIpc) is 2.16. The summed E-state index contributed by atoms with van der Waals surface area (Å²) in [5.41, 5.74) is 7.89. The molecule has 1 aromatic carbocycles. The minimum Gasteiger partial charge on any atom is -0.465 e. The lowest BCUT2D eigenvalue weighted by atomic mass is 10.0. The van der Waals surface area contributed by atoms with Crippen LogP contribution in [0.3, 0.4) is 0 Å². The minimum atomic E-state index is -0.325. The minimum absolute atomic E-state index is 0.325. The Labute approximate surface area is 94.2 Å². The van der Waals surface area contributed by atoms with Crippen LogP contribution in [0, 0.1) is 6.92 Å². The summed E-state index contributed by atoms with van der Waals surface area (Å²) in [7, 11) is 1.37. The topological polar surface area (TPSA) is 52.3 Å². The Hall–Kier alpha value is -1.42. The molecule has 15 heavy (non-hydrogen) atoms. The van der Waals surface area contributed by atoms with Crippen molar-refractivity contribution in [3.05, 3.63) is 34.9 Å². The molecule has 0 spiro atoms. The third-order valence-corrected chi connectivity index (χ3v) is 2.22. The van der Waals surface area contributed by atoms with Crippen molar-refractivity contribution in [3.63, 3.8) is 0 Å². The Bertz CT molecular complexity index is 402. The molecule has 0 radical (unpaired) electrons. The maximum atomic E-state index is 11.3. The van der Waals surface area contributed by atoms with Crippen LogP contribution in [0.1, 0.15) is 21.5 Å². The lowest BCUT2D eigenvalue weighted by Crippen LogP contribution is -2.12. The first-order valence-electron chi connectivity index (χ1n) is 4.50. The molecular weight excluding hydrogens is 210 g/mol. The monoisotopic (exact) mass is 223 g/mol. The number of thiocarbonyl (C=S) groups is 1. The van der Waals surface area contributed by atoms with E-state index in [2.05, 4.69) is 4.74 Å². The molecule has 0 aromatic heterocycles. The number of esters is 1. The lowest BCUT2D eigenvalue weighted by molar-refractivity contribution is 0.0600. The Morgan fingerprint density at radius 2 is 2.20 bits per heavy atom. The molecule has 1 aromatic rings. The first kappa shape index (κ1) is 11.7. The molecule has 0 saturated carbocycles. The first-order chi connectivity index (χ1) is 7.04. The second kappa shape index (κ2) is 4.89. The second-order valence-corrected chi connectivity index (χ2v) is 3.81. The number of nitrogens with two attached hydrogens (primary N) is 1. The van der Waals surface area contributed by atoms with Gasteiger partial charge in [0.25, 0.3) is 0 Å². The van der Waals surface area contributed by atoms with Gasteiger partial charge in [-0.15, -0.1) is 0 Å². The number of rotatable bonds is 3. The maximum Gasteiger partial charge on any atom is 0.338 e. The molecule has 80 valence electrons. The summed E-state index contributed by atoms with van der Waals surface area (Å²) in [5, 5.41) is 0. The van der Waals surface area contributed by atoms with Gasteiger partial charge in [-0.05, 0) is 24.1 Å². The third kappa shape index (κ3) is 3.02. The van der Waals surface area contributed by atoms with Crippen LogP contribution < -0.4 is 5.73 Å². The fourth-order valence-electron chi connectivity index (χ4n) is 1.38. The van der Waals surface area contributed by atoms with Crippen molar-refractivity contribution in [2.45, 2.75) is 13.3 Å². The van der Waals surface area contributed by atoms with Crippen LogP contribution in [-0.2, 0) is 11.2 Å². The summed E-state index contributed by atoms with van der Waals surface area (Å²) in [6.45, 7) is 1.86. The third-order valence-electron chi connectivity index (χ3n) is 2.07. The fourth-order valence-corrected chi connectivity index (χ4v) is 1.54. The highest BCUT2D eigenvalue weighted by molar-refractivity contribution is 7.80. The summed E-state index contributed by atoms with van der Waals surface area (Å²) in [6, 6.07) is 5.46. The van der Waals surface area contributed by atoms with Crippen LogP contribution in [-0.4, -0.2) is 18.1 Å². The SMILES string of the molecule is COC(=O)c1ccc(CC(N)=S)cc1C. The number of carbonyl (C=O) groups excluding carboxylic acids is 1. The van der Waals surface area contributed by atoms with Gasteiger partial charge in [-0.1, -0.05) is 24.4 Å². The highest BCUT2D eigenvalue weighted by atomic mass is 32.1. The van der Waals surface area contributed by atoms with Gasteiger partial charge in [0.2, 0.25) is 0 Å². The first-order valence-corrected chi connectivity index (χ1v) is 4.91. The van der Waals surface area contributed by atoms with Gasteiger partial charge in [0.05, 0.1) is 17.7 Å². The van der Waals surface area contributed by atoms with Crippen molar-refractivity contribution in [3.8, 4) is 0 Å². The Morgan fingerprint density at radius 1 is 1.53 bits per heavy atom. The van der Waals surface area contributed by atoms with Gasteiger partial charge >= 0.3 is 5.97 Å². The predicted molar refractivity (Wildman–Crippen MR) is 63.0 cm³/mol. The molecule has 0 bridgehead atoms. The summed E-state index contributed by atoms with van der Waals surface area (Å²) < 4.78 is 4.65. The van der Waals surface area contributed by atoms with Crippen LogP contribution in [0.4, 0.5) is 0 Å². The zero-order chi connectivity index (χ0) is 11.4. The largest absolute Gasteiger partial charge is 0.465 e. The van der Waals surface area contributed by atoms with Gasteiger partial charge in [-0.3, -0.25) is 0 Å².